The van der Waals surface area contributed by atoms with Crippen molar-refractivity contribution in [2.45, 2.75) is 0 Å². The number of carboxylic acid groups (broad SMARTS) is 2. The smallest absolute Gasteiger partial charge is 0.323 e. The van der Waals surface area contributed by atoms with Gasteiger partial charge < -0.3 is 19.7 Å². The highest BCUT2D eigenvalue weighted by Crippen LogP contribution is 2.16. The van der Waals surface area contributed by atoms with Crippen LogP contribution in [0.4, 0.5) is 5.69 Å². The van der Waals surface area contributed by atoms with Crippen molar-refractivity contribution in [1.29, 1.82) is 0 Å². The molecule has 0 bridgehead atoms. The van der Waals surface area contributed by atoms with Gasteiger partial charge in [-0.1, -0.05) is 0 Å². The molecule has 20 heavy (non-hydrogen) atoms. The fraction of sp³-hybridized carbons (Fsp3) is 0.300. The molecule has 1 aromatic rings. The van der Waals surface area contributed by atoms with Gasteiger partial charge in [-0.25, -0.2) is 0 Å². The van der Waals surface area contributed by atoms with E-state index in [0.717, 1.165) is 16.8 Å². The molecule has 10 heteroatoms. The number of rotatable bonds is 6. The van der Waals surface area contributed by atoms with Crippen molar-refractivity contribution >= 4 is 23.5 Å². The second-order valence-corrected chi connectivity index (χ2v) is 3.90. The molecule has 0 radical (unpaired) electrons. The Kier molecular flexibility index (Phi) is 4.41. The summed E-state index contributed by atoms with van der Waals surface area (Å²) in [5.41, 5.74) is -0.513. The molecule has 108 valence electrons. The third-order valence-electron chi connectivity index (χ3n) is 2.36. The van der Waals surface area contributed by atoms with Crippen molar-refractivity contribution in [3.63, 3.8) is 0 Å². The number of nitro groups is 1. The van der Waals surface area contributed by atoms with E-state index in [0.29, 0.717) is 4.90 Å². The zero-order valence-corrected chi connectivity index (χ0v) is 10.3. The third-order valence-corrected chi connectivity index (χ3v) is 2.36. The Bertz CT molecular complexity index is 561. The zero-order chi connectivity index (χ0) is 15.4. The monoisotopic (exact) mass is 285 g/mol. The van der Waals surface area contributed by atoms with E-state index >= 15 is 0 Å². The fourth-order valence-corrected chi connectivity index (χ4v) is 1.55. The van der Waals surface area contributed by atoms with Crippen LogP contribution in [-0.2, 0) is 16.6 Å². The topological polar surface area (TPSA) is 143 Å². The molecule has 1 aromatic heterocycles. The number of hydrogen-bond donors (Lipinski definition) is 2. The highest BCUT2D eigenvalue weighted by atomic mass is 16.6. The Balaban J connectivity index is 3.07. The van der Waals surface area contributed by atoms with Gasteiger partial charge in [-0.05, 0) is 0 Å². The van der Waals surface area contributed by atoms with Crippen molar-refractivity contribution in [1.82, 2.24) is 9.47 Å². The minimum atomic E-state index is -1.39. The molecule has 0 saturated carbocycles. The minimum absolute atomic E-state index is 0.167. The molecule has 0 aliphatic heterocycles. The number of aliphatic carboxylic acids is 2. The van der Waals surface area contributed by atoms with Gasteiger partial charge in [-0.3, -0.25) is 24.5 Å². The fourth-order valence-electron chi connectivity index (χ4n) is 1.55. The summed E-state index contributed by atoms with van der Waals surface area (Å²) in [5, 5.41) is 27.9. The van der Waals surface area contributed by atoms with Crippen LogP contribution in [0.5, 0.6) is 0 Å². The maximum Gasteiger partial charge on any atom is 0.323 e. The standard InChI is InChI=1S/C10H11N3O7/c1-11-3-6(13(19)20)2-7(11)10(18)12(4-8(14)15)5-9(16)17/h2-3H,4-5H2,1H3,(H,14,15)(H,16,17). The predicted molar refractivity (Wildman–Crippen MR) is 63.2 cm³/mol. The maximum absolute atomic E-state index is 12.0. The summed E-state index contributed by atoms with van der Waals surface area (Å²) in [6, 6.07) is 0.957. The first kappa shape index (κ1) is 15.1. The average molecular weight is 285 g/mol. The molecule has 0 atom stereocenters. The number of hydrogen-bond acceptors (Lipinski definition) is 5. The Labute approximate surface area is 112 Å². The van der Waals surface area contributed by atoms with Crippen LogP contribution in [0.1, 0.15) is 10.5 Å². The van der Waals surface area contributed by atoms with Crippen molar-refractivity contribution in [2.24, 2.45) is 7.05 Å². The molecule has 0 aliphatic rings. The zero-order valence-electron chi connectivity index (χ0n) is 10.3. The number of amides is 1. The largest absolute Gasteiger partial charge is 0.480 e. The summed E-state index contributed by atoms with van der Waals surface area (Å²) in [4.78, 5) is 43.7. The molecule has 0 aliphatic carbocycles. The van der Waals surface area contributed by atoms with Gasteiger partial charge in [0.1, 0.15) is 18.8 Å². The number of aromatic nitrogens is 1. The Morgan fingerprint density at radius 3 is 2.15 bits per heavy atom. The Morgan fingerprint density at radius 1 is 1.30 bits per heavy atom. The number of carbonyl (C=O) groups excluding carboxylic acids is 1. The average Bonchev–Trinajstić information content (AvgIpc) is 2.68. The van der Waals surface area contributed by atoms with Crippen LogP contribution < -0.4 is 0 Å². The highest BCUT2D eigenvalue weighted by Gasteiger charge is 2.25. The molecule has 2 N–H and O–H groups in total. The summed E-state index contributed by atoms with van der Waals surface area (Å²) in [5.74, 6) is -3.68. The van der Waals surface area contributed by atoms with Crippen LogP contribution in [0.15, 0.2) is 12.3 Å². The van der Waals surface area contributed by atoms with E-state index in [1.807, 2.05) is 0 Å². The minimum Gasteiger partial charge on any atom is -0.480 e. The van der Waals surface area contributed by atoms with Crippen molar-refractivity contribution < 1.29 is 29.5 Å². The molecule has 0 aromatic carbocycles. The predicted octanol–water partition coefficient (Wildman–Crippen LogP) is -0.455. The van der Waals surface area contributed by atoms with Gasteiger partial charge in [0.25, 0.3) is 11.6 Å². The molecular weight excluding hydrogens is 274 g/mol. The van der Waals surface area contributed by atoms with E-state index in [2.05, 4.69) is 0 Å². The van der Waals surface area contributed by atoms with E-state index in [4.69, 9.17) is 10.2 Å². The van der Waals surface area contributed by atoms with Gasteiger partial charge in [0.15, 0.2) is 0 Å². The summed E-state index contributed by atoms with van der Waals surface area (Å²) in [6.07, 6.45) is 1.08. The van der Waals surface area contributed by atoms with E-state index in [9.17, 15) is 24.5 Å². The first-order chi connectivity index (χ1) is 9.22. The molecule has 0 fully saturated rings. The van der Waals surface area contributed by atoms with Crippen LogP contribution in [0, 0.1) is 10.1 Å². The Morgan fingerprint density at radius 2 is 1.80 bits per heavy atom. The van der Waals surface area contributed by atoms with E-state index < -0.39 is 35.9 Å². The van der Waals surface area contributed by atoms with Crippen LogP contribution in [0.2, 0.25) is 0 Å². The lowest BCUT2D eigenvalue weighted by molar-refractivity contribution is -0.384. The van der Waals surface area contributed by atoms with Gasteiger partial charge >= 0.3 is 11.9 Å². The van der Waals surface area contributed by atoms with Crippen LogP contribution in [-0.4, -0.2) is 55.5 Å². The van der Waals surface area contributed by atoms with Gasteiger partial charge in [0.05, 0.1) is 11.1 Å². The summed E-state index contributed by atoms with van der Waals surface area (Å²) in [7, 11) is 1.36. The van der Waals surface area contributed by atoms with E-state index in [1.54, 1.807) is 0 Å². The van der Waals surface area contributed by atoms with Crippen molar-refractivity contribution in [3.05, 3.63) is 28.1 Å². The number of nitrogens with zero attached hydrogens (tertiary/aromatic N) is 3. The van der Waals surface area contributed by atoms with Crippen LogP contribution in [0.3, 0.4) is 0 Å². The molecular formula is C10H11N3O7. The van der Waals surface area contributed by atoms with Gasteiger partial charge in [0, 0.05) is 13.1 Å². The Hall–Kier alpha value is -2.91. The van der Waals surface area contributed by atoms with Crippen molar-refractivity contribution in [3.8, 4) is 0 Å². The van der Waals surface area contributed by atoms with E-state index in [-0.39, 0.29) is 11.4 Å². The highest BCUT2D eigenvalue weighted by molar-refractivity contribution is 5.96. The van der Waals surface area contributed by atoms with Gasteiger partial charge in [-0.15, -0.1) is 0 Å². The normalized spacial score (nSPS) is 10.1. The lowest BCUT2D eigenvalue weighted by atomic mass is 10.3. The first-order valence-electron chi connectivity index (χ1n) is 5.26. The summed E-state index contributed by atoms with van der Waals surface area (Å²) in [6.45, 7) is -1.63. The number of carbonyl (C=O) groups is 3. The maximum atomic E-state index is 12.0. The summed E-state index contributed by atoms with van der Waals surface area (Å²) < 4.78 is 1.14. The second-order valence-electron chi connectivity index (χ2n) is 3.90. The lowest BCUT2D eigenvalue weighted by Crippen LogP contribution is -2.40. The number of carboxylic acids is 2. The summed E-state index contributed by atoms with van der Waals surface area (Å²) >= 11 is 0. The van der Waals surface area contributed by atoms with Gasteiger partial charge in [0.2, 0.25) is 0 Å². The molecule has 1 amide bonds. The molecule has 1 rings (SSSR count). The second kappa shape index (κ2) is 5.82. The van der Waals surface area contributed by atoms with E-state index in [1.165, 1.54) is 7.05 Å². The quantitative estimate of drug-likeness (QED) is 0.531. The SMILES string of the molecule is Cn1cc([N+](=O)[O-])cc1C(=O)N(CC(=O)O)CC(=O)O. The van der Waals surface area contributed by atoms with Gasteiger partial charge in [-0.2, -0.15) is 0 Å². The first-order valence-corrected chi connectivity index (χ1v) is 5.26. The molecule has 0 unspecified atom stereocenters. The molecule has 1 heterocycles. The molecule has 0 spiro atoms. The van der Waals surface area contributed by atoms with Crippen LogP contribution >= 0.6 is 0 Å². The molecule has 0 saturated heterocycles. The lowest BCUT2D eigenvalue weighted by Gasteiger charge is -2.18. The molecule has 10 nitrogen and oxygen atoms in total. The number of aryl methyl sites for hydroxylation is 1. The van der Waals surface area contributed by atoms with Crippen molar-refractivity contribution in [2.75, 3.05) is 13.1 Å². The van der Waals surface area contributed by atoms with Crippen LogP contribution in [0.25, 0.3) is 0 Å². The third kappa shape index (κ3) is 3.54.